The zero-order valence-corrected chi connectivity index (χ0v) is 15.1. The summed E-state index contributed by atoms with van der Waals surface area (Å²) in [4.78, 5) is 22.5. The number of hydrogen-bond acceptors (Lipinski definition) is 4. The van der Waals surface area contributed by atoms with Gasteiger partial charge in [-0.1, -0.05) is 18.2 Å². The minimum Gasteiger partial charge on any atom is -0.372 e. The van der Waals surface area contributed by atoms with Crippen molar-refractivity contribution in [1.29, 1.82) is 0 Å². The summed E-state index contributed by atoms with van der Waals surface area (Å²) in [6.45, 7) is 6.14. The van der Waals surface area contributed by atoms with Gasteiger partial charge in [0, 0.05) is 18.8 Å². The maximum absolute atomic E-state index is 12.6. The number of para-hydroxylation sites is 1. The summed E-state index contributed by atoms with van der Waals surface area (Å²) < 4.78 is 1.09. The van der Waals surface area contributed by atoms with Crippen LogP contribution >= 0.6 is 11.3 Å². The lowest BCUT2D eigenvalue weighted by Crippen LogP contribution is -2.21. The largest absolute Gasteiger partial charge is 0.372 e. The van der Waals surface area contributed by atoms with Gasteiger partial charge in [0.25, 0.3) is 5.56 Å². The molecule has 0 aliphatic heterocycles. The fourth-order valence-electron chi connectivity index (χ4n) is 3.12. The average Bonchev–Trinajstić information content (AvgIpc) is 3.06. The molecule has 0 bridgehead atoms. The molecule has 0 unspecified atom stereocenters. The van der Waals surface area contributed by atoms with Gasteiger partial charge in [-0.15, -0.1) is 11.3 Å². The maximum Gasteiger partial charge on any atom is 0.258 e. The van der Waals surface area contributed by atoms with E-state index in [-0.39, 0.29) is 5.56 Å². The SMILES string of the molecule is CCN(CC)c1ccc2cc(-c3nc4ccccc4s3)c(=O)[nH]c2c1. The highest BCUT2D eigenvalue weighted by Crippen LogP contribution is 2.30. The molecule has 0 spiro atoms. The second kappa shape index (κ2) is 6.33. The lowest BCUT2D eigenvalue weighted by Gasteiger charge is -2.21. The number of aromatic amines is 1. The predicted molar refractivity (Wildman–Crippen MR) is 107 cm³/mol. The van der Waals surface area contributed by atoms with Crippen LogP contribution in [0.5, 0.6) is 0 Å². The Morgan fingerprint density at radius 2 is 1.88 bits per heavy atom. The number of nitrogens with zero attached hydrogens (tertiary/aromatic N) is 2. The van der Waals surface area contributed by atoms with Crippen molar-refractivity contribution in [3.63, 3.8) is 0 Å². The number of hydrogen-bond donors (Lipinski definition) is 1. The topological polar surface area (TPSA) is 49.0 Å². The van der Waals surface area contributed by atoms with Gasteiger partial charge in [-0.25, -0.2) is 4.98 Å². The molecule has 0 aliphatic rings. The van der Waals surface area contributed by atoms with Gasteiger partial charge in [-0.05, 0) is 49.6 Å². The molecule has 2 aromatic carbocycles. The van der Waals surface area contributed by atoms with Gasteiger partial charge in [0.15, 0.2) is 0 Å². The molecule has 4 rings (SSSR count). The molecule has 2 heterocycles. The standard InChI is InChI=1S/C20H19N3OS/c1-3-23(4-2)14-10-9-13-11-15(19(24)21-17(13)12-14)20-22-16-7-5-6-8-18(16)25-20/h5-12H,3-4H2,1-2H3,(H,21,24). The van der Waals surface area contributed by atoms with Crippen molar-refractivity contribution < 1.29 is 0 Å². The first-order valence-corrected chi connectivity index (χ1v) is 9.29. The third kappa shape index (κ3) is 2.81. The van der Waals surface area contributed by atoms with Crippen LogP contribution in [-0.4, -0.2) is 23.1 Å². The van der Waals surface area contributed by atoms with Crippen LogP contribution in [0.2, 0.25) is 0 Å². The van der Waals surface area contributed by atoms with Gasteiger partial charge < -0.3 is 9.88 Å². The summed E-state index contributed by atoms with van der Waals surface area (Å²) in [5.41, 5.74) is 3.45. The summed E-state index contributed by atoms with van der Waals surface area (Å²) in [5, 5.41) is 1.78. The minimum atomic E-state index is -0.0942. The third-order valence-electron chi connectivity index (χ3n) is 4.48. The quantitative estimate of drug-likeness (QED) is 0.583. The molecular weight excluding hydrogens is 330 g/mol. The number of pyridine rings is 1. The van der Waals surface area contributed by atoms with Crippen LogP contribution in [0.25, 0.3) is 31.7 Å². The predicted octanol–water partition coefficient (Wildman–Crippen LogP) is 4.65. The van der Waals surface area contributed by atoms with E-state index in [1.54, 1.807) is 11.3 Å². The second-order valence-electron chi connectivity index (χ2n) is 5.94. The lowest BCUT2D eigenvalue weighted by atomic mass is 10.1. The number of fused-ring (bicyclic) bond motifs is 2. The number of nitrogens with one attached hydrogen (secondary N) is 1. The smallest absolute Gasteiger partial charge is 0.258 e. The Hall–Kier alpha value is -2.66. The number of H-pyrrole nitrogens is 1. The highest BCUT2D eigenvalue weighted by molar-refractivity contribution is 7.21. The van der Waals surface area contributed by atoms with E-state index >= 15 is 0 Å². The Morgan fingerprint density at radius 3 is 2.64 bits per heavy atom. The summed E-state index contributed by atoms with van der Waals surface area (Å²) in [6, 6.07) is 16.1. The Kier molecular flexibility index (Phi) is 4.01. The second-order valence-corrected chi connectivity index (χ2v) is 6.97. The monoisotopic (exact) mass is 349 g/mol. The van der Waals surface area contributed by atoms with E-state index in [1.807, 2.05) is 36.4 Å². The zero-order chi connectivity index (χ0) is 17.4. The van der Waals surface area contributed by atoms with E-state index in [0.29, 0.717) is 5.56 Å². The first-order chi connectivity index (χ1) is 12.2. The fourth-order valence-corrected chi connectivity index (χ4v) is 4.10. The average molecular weight is 349 g/mol. The van der Waals surface area contributed by atoms with Crippen molar-refractivity contribution in [3.05, 3.63) is 58.9 Å². The van der Waals surface area contributed by atoms with E-state index in [2.05, 4.69) is 40.8 Å². The van der Waals surface area contributed by atoms with Crippen molar-refractivity contribution in [1.82, 2.24) is 9.97 Å². The normalized spacial score (nSPS) is 11.3. The van der Waals surface area contributed by atoms with Gasteiger partial charge in [0.2, 0.25) is 0 Å². The van der Waals surface area contributed by atoms with Crippen LogP contribution in [-0.2, 0) is 0 Å². The molecule has 0 aliphatic carbocycles. The Bertz CT molecular complexity index is 1080. The molecule has 2 aromatic heterocycles. The van der Waals surface area contributed by atoms with Gasteiger partial charge in [0.05, 0.1) is 21.3 Å². The fraction of sp³-hybridized carbons (Fsp3) is 0.200. The van der Waals surface area contributed by atoms with E-state index in [9.17, 15) is 4.79 Å². The van der Waals surface area contributed by atoms with E-state index < -0.39 is 0 Å². The van der Waals surface area contributed by atoms with E-state index in [1.165, 1.54) is 0 Å². The number of anilines is 1. The number of thiazole rings is 1. The highest BCUT2D eigenvalue weighted by Gasteiger charge is 2.12. The molecule has 0 fully saturated rings. The van der Waals surface area contributed by atoms with Gasteiger partial charge in [-0.3, -0.25) is 4.79 Å². The summed E-state index contributed by atoms with van der Waals surface area (Å²) in [7, 11) is 0. The summed E-state index contributed by atoms with van der Waals surface area (Å²) >= 11 is 1.55. The number of benzene rings is 2. The molecule has 5 heteroatoms. The van der Waals surface area contributed by atoms with Crippen molar-refractivity contribution in [2.24, 2.45) is 0 Å². The molecule has 4 nitrogen and oxygen atoms in total. The zero-order valence-electron chi connectivity index (χ0n) is 14.2. The maximum atomic E-state index is 12.6. The van der Waals surface area contributed by atoms with Crippen LogP contribution in [0.15, 0.2) is 53.3 Å². The molecule has 126 valence electrons. The number of aromatic nitrogens is 2. The third-order valence-corrected chi connectivity index (χ3v) is 5.55. The Labute approximate surface area is 149 Å². The van der Waals surface area contributed by atoms with Crippen LogP contribution in [0.1, 0.15) is 13.8 Å². The Morgan fingerprint density at radius 1 is 1.08 bits per heavy atom. The molecule has 4 aromatic rings. The van der Waals surface area contributed by atoms with Gasteiger partial charge in [-0.2, -0.15) is 0 Å². The molecular formula is C20H19N3OS. The van der Waals surface area contributed by atoms with Crippen molar-refractivity contribution >= 4 is 38.1 Å². The van der Waals surface area contributed by atoms with Crippen LogP contribution in [0.4, 0.5) is 5.69 Å². The Balaban J connectivity index is 1.84. The molecule has 0 amide bonds. The first-order valence-electron chi connectivity index (χ1n) is 8.47. The van der Waals surface area contributed by atoms with Crippen LogP contribution in [0.3, 0.4) is 0 Å². The molecule has 0 saturated carbocycles. The first kappa shape index (κ1) is 15.8. The van der Waals surface area contributed by atoms with Crippen molar-refractivity contribution in [3.8, 4) is 10.6 Å². The summed E-state index contributed by atoms with van der Waals surface area (Å²) in [5.74, 6) is 0. The van der Waals surface area contributed by atoms with Gasteiger partial charge >= 0.3 is 0 Å². The molecule has 0 saturated heterocycles. The van der Waals surface area contributed by atoms with Crippen LogP contribution < -0.4 is 10.5 Å². The molecule has 25 heavy (non-hydrogen) atoms. The summed E-state index contributed by atoms with van der Waals surface area (Å²) in [6.07, 6.45) is 0. The molecule has 0 radical (unpaired) electrons. The highest BCUT2D eigenvalue weighted by atomic mass is 32.1. The van der Waals surface area contributed by atoms with E-state index in [0.717, 1.165) is 44.9 Å². The minimum absolute atomic E-state index is 0.0942. The lowest BCUT2D eigenvalue weighted by molar-refractivity contribution is 0.867. The van der Waals surface area contributed by atoms with E-state index in [4.69, 9.17) is 0 Å². The molecule has 1 N–H and O–H groups in total. The van der Waals surface area contributed by atoms with Crippen molar-refractivity contribution in [2.45, 2.75) is 13.8 Å². The van der Waals surface area contributed by atoms with Gasteiger partial charge in [0.1, 0.15) is 5.01 Å². The number of rotatable bonds is 4. The van der Waals surface area contributed by atoms with Crippen molar-refractivity contribution in [2.75, 3.05) is 18.0 Å². The van der Waals surface area contributed by atoms with Crippen LogP contribution in [0, 0.1) is 0 Å². The molecule has 0 atom stereocenters.